The standard InChI is InChI=1S/C10H10N2O5/c1-2-5-8(11-10(15)12-9(5)14)6-4-16-7(3-13)17-6/h1,6-7,13H,3-4H2,(H2,11,12,14,15). The Hall–Kier alpha value is -1.88. The van der Waals surface area contributed by atoms with Gasteiger partial charge < -0.3 is 19.6 Å². The van der Waals surface area contributed by atoms with E-state index in [0.717, 1.165) is 0 Å². The first-order valence-corrected chi connectivity index (χ1v) is 4.86. The summed E-state index contributed by atoms with van der Waals surface area (Å²) in [5, 5.41) is 8.84. The lowest BCUT2D eigenvalue weighted by Gasteiger charge is -2.10. The molecule has 0 aromatic carbocycles. The van der Waals surface area contributed by atoms with Gasteiger partial charge >= 0.3 is 5.69 Å². The van der Waals surface area contributed by atoms with Crippen LogP contribution in [-0.4, -0.2) is 34.6 Å². The van der Waals surface area contributed by atoms with Crippen molar-refractivity contribution < 1.29 is 14.6 Å². The molecule has 2 atom stereocenters. The molecule has 1 aromatic heterocycles. The Bertz CT molecular complexity index is 567. The molecule has 1 fully saturated rings. The van der Waals surface area contributed by atoms with Crippen molar-refractivity contribution in [3.05, 3.63) is 32.1 Å². The lowest BCUT2D eigenvalue weighted by atomic mass is 10.1. The molecule has 2 heterocycles. The number of hydrogen-bond donors (Lipinski definition) is 3. The fourth-order valence-electron chi connectivity index (χ4n) is 1.59. The molecule has 2 unspecified atom stereocenters. The molecule has 17 heavy (non-hydrogen) atoms. The molecule has 1 saturated heterocycles. The van der Waals surface area contributed by atoms with E-state index < -0.39 is 23.6 Å². The molecule has 7 nitrogen and oxygen atoms in total. The molecule has 0 spiro atoms. The quantitative estimate of drug-likeness (QED) is 0.541. The molecule has 2 rings (SSSR count). The monoisotopic (exact) mass is 238 g/mol. The van der Waals surface area contributed by atoms with Crippen LogP contribution in [0.25, 0.3) is 0 Å². The Morgan fingerprint density at radius 3 is 2.82 bits per heavy atom. The highest BCUT2D eigenvalue weighted by atomic mass is 16.7. The van der Waals surface area contributed by atoms with Crippen LogP contribution in [0.4, 0.5) is 0 Å². The molecule has 3 N–H and O–H groups in total. The summed E-state index contributed by atoms with van der Waals surface area (Å²) in [4.78, 5) is 27.0. The highest BCUT2D eigenvalue weighted by Gasteiger charge is 2.29. The fraction of sp³-hybridized carbons (Fsp3) is 0.400. The molecule has 0 radical (unpaired) electrons. The number of hydrogen-bond acceptors (Lipinski definition) is 5. The fourth-order valence-corrected chi connectivity index (χ4v) is 1.59. The number of aromatic amines is 2. The minimum atomic E-state index is -0.770. The van der Waals surface area contributed by atoms with Crippen molar-refractivity contribution in [1.82, 2.24) is 9.97 Å². The predicted molar refractivity (Wildman–Crippen MR) is 56.3 cm³/mol. The lowest BCUT2D eigenvalue weighted by molar-refractivity contribution is -0.0887. The summed E-state index contributed by atoms with van der Waals surface area (Å²) in [5.41, 5.74) is -1.13. The van der Waals surface area contributed by atoms with E-state index in [1.807, 2.05) is 4.98 Å². The summed E-state index contributed by atoms with van der Waals surface area (Å²) < 4.78 is 10.3. The molecule has 7 heteroatoms. The molecule has 0 saturated carbocycles. The number of aliphatic hydroxyl groups is 1. The van der Waals surface area contributed by atoms with Gasteiger partial charge in [-0.1, -0.05) is 5.92 Å². The lowest BCUT2D eigenvalue weighted by Crippen LogP contribution is -2.28. The molecule has 90 valence electrons. The Morgan fingerprint density at radius 2 is 2.24 bits per heavy atom. The summed E-state index contributed by atoms with van der Waals surface area (Å²) in [7, 11) is 0. The minimum Gasteiger partial charge on any atom is -0.391 e. The van der Waals surface area contributed by atoms with Crippen molar-refractivity contribution in [1.29, 1.82) is 0 Å². The highest BCUT2D eigenvalue weighted by molar-refractivity contribution is 5.35. The van der Waals surface area contributed by atoms with Crippen LogP contribution in [0.3, 0.4) is 0 Å². The van der Waals surface area contributed by atoms with E-state index in [1.165, 1.54) is 0 Å². The smallest absolute Gasteiger partial charge is 0.326 e. The molecular formula is C10H10N2O5. The molecule has 1 aliphatic heterocycles. The molecular weight excluding hydrogens is 228 g/mol. The number of rotatable bonds is 2. The van der Waals surface area contributed by atoms with Crippen molar-refractivity contribution in [3.8, 4) is 12.3 Å². The number of aliphatic hydroxyl groups excluding tert-OH is 1. The van der Waals surface area contributed by atoms with Gasteiger partial charge in [-0.25, -0.2) is 4.79 Å². The van der Waals surface area contributed by atoms with Crippen molar-refractivity contribution in [3.63, 3.8) is 0 Å². The van der Waals surface area contributed by atoms with Gasteiger partial charge in [-0.2, -0.15) is 0 Å². The van der Waals surface area contributed by atoms with E-state index in [-0.39, 0.29) is 24.5 Å². The largest absolute Gasteiger partial charge is 0.391 e. The van der Waals surface area contributed by atoms with E-state index >= 15 is 0 Å². The second-order valence-corrected chi connectivity index (χ2v) is 3.41. The molecule has 1 aliphatic rings. The molecule has 0 aliphatic carbocycles. The number of nitrogens with one attached hydrogen (secondary N) is 2. The van der Waals surface area contributed by atoms with E-state index in [0.29, 0.717) is 0 Å². The Morgan fingerprint density at radius 1 is 1.47 bits per heavy atom. The Labute approximate surface area is 95.4 Å². The third-order valence-electron chi connectivity index (χ3n) is 2.34. The van der Waals surface area contributed by atoms with Gasteiger partial charge in [0.15, 0.2) is 6.29 Å². The van der Waals surface area contributed by atoms with Crippen LogP contribution in [0, 0.1) is 12.3 Å². The summed E-state index contributed by atoms with van der Waals surface area (Å²) in [5.74, 6) is 2.19. The van der Waals surface area contributed by atoms with Gasteiger partial charge in [0.25, 0.3) is 5.56 Å². The maximum Gasteiger partial charge on any atom is 0.326 e. The number of aromatic nitrogens is 2. The number of H-pyrrole nitrogens is 2. The van der Waals surface area contributed by atoms with Crippen LogP contribution in [0.2, 0.25) is 0 Å². The van der Waals surface area contributed by atoms with Crippen molar-refractivity contribution >= 4 is 0 Å². The average molecular weight is 238 g/mol. The van der Waals surface area contributed by atoms with Crippen LogP contribution in [-0.2, 0) is 9.47 Å². The van der Waals surface area contributed by atoms with E-state index in [2.05, 4.69) is 10.9 Å². The SMILES string of the molecule is C#Cc1c(C2COC(CO)O2)[nH]c(=O)[nH]c1=O. The van der Waals surface area contributed by atoms with Gasteiger partial charge in [0.1, 0.15) is 11.7 Å². The van der Waals surface area contributed by atoms with Crippen LogP contribution in [0.5, 0.6) is 0 Å². The van der Waals surface area contributed by atoms with Gasteiger partial charge in [-0.3, -0.25) is 9.78 Å². The zero-order chi connectivity index (χ0) is 12.4. The second kappa shape index (κ2) is 4.55. The topological polar surface area (TPSA) is 104 Å². The van der Waals surface area contributed by atoms with E-state index in [1.54, 1.807) is 0 Å². The van der Waals surface area contributed by atoms with Crippen LogP contribution in [0.1, 0.15) is 17.4 Å². The zero-order valence-electron chi connectivity index (χ0n) is 8.73. The van der Waals surface area contributed by atoms with Gasteiger partial charge in [-0.15, -0.1) is 6.42 Å². The van der Waals surface area contributed by atoms with Gasteiger partial charge in [0.2, 0.25) is 0 Å². The summed E-state index contributed by atoms with van der Waals surface area (Å²) in [6, 6.07) is 0. The summed E-state index contributed by atoms with van der Waals surface area (Å²) in [6.45, 7) is -0.200. The first kappa shape index (κ1) is 11.6. The second-order valence-electron chi connectivity index (χ2n) is 3.41. The molecule has 0 amide bonds. The number of ether oxygens (including phenoxy) is 2. The Kier molecular flexibility index (Phi) is 3.10. The average Bonchev–Trinajstić information content (AvgIpc) is 2.76. The summed E-state index contributed by atoms with van der Waals surface area (Å²) in [6.07, 6.45) is 3.77. The van der Waals surface area contributed by atoms with Crippen LogP contribution >= 0.6 is 0 Å². The first-order valence-electron chi connectivity index (χ1n) is 4.86. The summed E-state index contributed by atoms with van der Waals surface area (Å²) >= 11 is 0. The highest BCUT2D eigenvalue weighted by Crippen LogP contribution is 2.25. The minimum absolute atomic E-state index is 0.00297. The van der Waals surface area contributed by atoms with Crippen molar-refractivity contribution in [2.24, 2.45) is 0 Å². The normalized spacial score (nSPS) is 23.5. The number of terminal acetylenes is 1. The van der Waals surface area contributed by atoms with Gasteiger partial charge in [0.05, 0.1) is 18.9 Å². The molecule has 0 bridgehead atoms. The van der Waals surface area contributed by atoms with E-state index in [4.69, 9.17) is 21.0 Å². The van der Waals surface area contributed by atoms with Crippen molar-refractivity contribution in [2.75, 3.05) is 13.2 Å². The van der Waals surface area contributed by atoms with Crippen LogP contribution in [0.15, 0.2) is 9.59 Å². The van der Waals surface area contributed by atoms with E-state index in [9.17, 15) is 9.59 Å². The zero-order valence-corrected chi connectivity index (χ0v) is 8.73. The van der Waals surface area contributed by atoms with Crippen LogP contribution < -0.4 is 11.2 Å². The van der Waals surface area contributed by atoms with Gasteiger partial charge in [-0.05, 0) is 0 Å². The third-order valence-corrected chi connectivity index (χ3v) is 2.34. The first-order chi connectivity index (χ1) is 8.15. The maximum absolute atomic E-state index is 11.4. The predicted octanol–water partition coefficient (Wildman–Crippen LogP) is -1.55. The van der Waals surface area contributed by atoms with Gasteiger partial charge in [0, 0.05) is 0 Å². The maximum atomic E-state index is 11.4. The van der Waals surface area contributed by atoms with Crippen molar-refractivity contribution in [2.45, 2.75) is 12.4 Å². The molecule has 1 aromatic rings. The Balaban J connectivity index is 2.43. The third kappa shape index (κ3) is 2.14.